The Morgan fingerprint density at radius 3 is 2.08 bits per heavy atom. The summed E-state index contributed by atoms with van der Waals surface area (Å²) < 4.78 is 24.7. The highest BCUT2D eigenvalue weighted by Gasteiger charge is 2.30. The van der Waals surface area contributed by atoms with E-state index in [-0.39, 0.29) is 26.0 Å². The number of carbonyl (C=O) groups excluding carboxylic acids is 3. The van der Waals surface area contributed by atoms with Gasteiger partial charge >= 0.3 is 17.8 Å². The summed E-state index contributed by atoms with van der Waals surface area (Å²) in [6.45, 7) is 12.2. The van der Waals surface area contributed by atoms with Crippen molar-refractivity contribution in [2.45, 2.75) is 78.2 Å². The number of ether oxygens (including phenoxy) is 4. The van der Waals surface area contributed by atoms with Crippen LogP contribution >= 0.6 is 0 Å². The Bertz CT molecular complexity index is 1170. The number of hydrogen-bond donors (Lipinski definition) is 2. The largest absolute Gasteiger partial charge is 0.458 e. The fourth-order valence-corrected chi connectivity index (χ4v) is 3.77. The predicted octanol–water partition coefficient (Wildman–Crippen LogP) is 2.51. The molecule has 0 saturated heterocycles. The number of hydrogen-bond acceptors (Lipinski definition) is 8. The highest BCUT2D eigenvalue weighted by atomic mass is 16.6. The summed E-state index contributed by atoms with van der Waals surface area (Å²) in [7, 11) is 0. The van der Waals surface area contributed by atoms with Crippen molar-refractivity contribution in [3.63, 3.8) is 0 Å². The lowest BCUT2D eigenvalue weighted by molar-refractivity contribution is -0.159. The molecular formula is C27H42N4O8. The molecule has 39 heavy (non-hydrogen) atoms. The van der Waals surface area contributed by atoms with Gasteiger partial charge in [-0.3, -0.25) is 13.9 Å². The second-order valence-electron chi connectivity index (χ2n) is 11.0. The zero-order valence-electron chi connectivity index (χ0n) is 23.8. The van der Waals surface area contributed by atoms with E-state index in [0.29, 0.717) is 37.4 Å². The van der Waals surface area contributed by atoms with Gasteiger partial charge in [-0.1, -0.05) is 12.1 Å². The first-order valence-electron chi connectivity index (χ1n) is 13.0. The maximum atomic E-state index is 13.5. The number of aromatic nitrogens is 2. The summed E-state index contributed by atoms with van der Waals surface area (Å²) in [5.41, 5.74) is 4.76. The van der Waals surface area contributed by atoms with Gasteiger partial charge in [-0.25, -0.2) is 14.4 Å². The Hall–Kier alpha value is -3.38. The minimum absolute atomic E-state index is 0.0365. The lowest BCUT2D eigenvalue weighted by Crippen LogP contribution is -2.36. The highest BCUT2D eigenvalue weighted by Crippen LogP contribution is 2.24. The molecular weight excluding hydrogens is 508 g/mol. The Labute approximate surface area is 228 Å². The Morgan fingerprint density at radius 2 is 1.49 bits per heavy atom. The number of imidazole rings is 1. The van der Waals surface area contributed by atoms with E-state index in [1.54, 1.807) is 65.8 Å². The van der Waals surface area contributed by atoms with Gasteiger partial charge in [0.2, 0.25) is 5.91 Å². The van der Waals surface area contributed by atoms with Gasteiger partial charge < -0.3 is 30.0 Å². The Kier molecular flexibility index (Phi) is 11.5. The number of primary amides is 1. The van der Waals surface area contributed by atoms with Gasteiger partial charge in [0, 0.05) is 13.0 Å². The predicted molar refractivity (Wildman–Crippen MR) is 145 cm³/mol. The average Bonchev–Trinajstić information content (AvgIpc) is 3.07. The smallest absolute Gasteiger partial charge is 0.407 e. The highest BCUT2D eigenvalue weighted by molar-refractivity contribution is 5.82. The summed E-state index contributed by atoms with van der Waals surface area (Å²) in [5, 5.41) is 2.61. The zero-order chi connectivity index (χ0) is 29.2. The zero-order valence-corrected chi connectivity index (χ0v) is 23.8. The van der Waals surface area contributed by atoms with Gasteiger partial charge in [-0.15, -0.1) is 0 Å². The quantitative estimate of drug-likeness (QED) is 0.269. The average molecular weight is 551 g/mol. The van der Waals surface area contributed by atoms with Gasteiger partial charge in [0.25, 0.3) is 0 Å². The third-order valence-electron chi connectivity index (χ3n) is 5.27. The fourth-order valence-electron chi connectivity index (χ4n) is 3.77. The molecule has 1 unspecified atom stereocenters. The summed E-state index contributed by atoms with van der Waals surface area (Å²) >= 11 is 0. The number of amides is 2. The van der Waals surface area contributed by atoms with Gasteiger partial charge in [0.05, 0.1) is 44.0 Å². The maximum Gasteiger partial charge on any atom is 0.407 e. The van der Waals surface area contributed by atoms with E-state index in [0.717, 1.165) is 0 Å². The molecule has 12 heteroatoms. The molecule has 0 aliphatic heterocycles. The number of para-hydroxylation sites is 2. The molecule has 1 heterocycles. The van der Waals surface area contributed by atoms with Crippen LogP contribution in [0.2, 0.25) is 0 Å². The molecule has 12 nitrogen and oxygen atoms in total. The molecule has 218 valence electrons. The van der Waals surface area contributed by atoms with Crippen LogP contribution in [0.15, 0.2) is 29.1 Å². The van der Waals surface area contributed by atoms with E-state index in [1.807, 2.05) is 0 Å². The Morgan fingerprint density at radius 1 is 0.897 bits per heavy atom. The number of fused-ring (bicyclic) bond motifs is 1. The molecule has 0 radical (unpaired) electrons. The van der Waals surface area contributed by atoms with E-state index in [4.69, 9.17) is 24.7 Å². The number of benzene rings is 1. The van der Waals surface area contributed by atoms with Crippen molar-refractivity contribution >= 4 is 29.0 Å². The molecule has 2 amide bonds. The first-order valence-corrected chi connectivity index (χ1v) is 13.0. The molecule has 0 aliphatic rings. The van der Waals surface area contributed by atoms with Crippen molar-refractivity contribution in [3.8, 4) is 0 Å². The van der Waals surface area contributed by atoms with Crippen LogP contribution in [0.3, 0.4) is 0 Å². The minimum Gasteiger partial charge on any atom is -0.458 e. The molecule has 0 spiro atoms. The third kappa shape index (κ3) is 10.7. The number of nitrogens with one attached hydrogen (secondary N) is 1. The summed E-state index contributed by atoms with van der Waals surface area (Å²) in [5.74, 6) is -1.18. The molecule has 1 atom stereocenters. The number of nitrogens with two attached hydrogens (primary N) is 1. The van der Waals surface area contributed by atoms with Crippen molar-refractivity contribution in [3.05, 3.63) is 34.7 Å². The van der Waals surface area contributed by atoms with E-state index in [1.165, 1.54) is 9.13 Å². The van der Waals surface area contributed by atoms with Crippen LogP contribution in [0, 0.1) is 0 Å². The first-order chi connectivity index (χ1) is 18.2. The molecule has 0 aliphatic carbocycles. The molecule has 2 aromatic rings. The number of rotatable bonds is 14. The van der Waals surface area contributed by atoms with Crippen LogP contribution in [-0.2, 0) is 35.1 Å². The third-order valence-corrected chi connectivity index (χ3v) is 5.27. The van der Waals surface area contributed by atoms with E-state index >= 15 is 0 Å². The van der Waals surface area contributed by atoms with Crippen LogP contribution < -0.4 is 16.7 Å². The normalized spacial score (nSPS) is 12.8. The SMILES string of the molecule is CC(C)(C)OC(=O)NCCOCCOCCn1c(=O)n(C(CCC(N)=O)C(=O)OC(C)(C)C)c2ccccc21. The molecule has 0 saturated carbocycles. The Balaban J connectivity index is 1.99. The number of carbonyl (C=O) groups is 3. The molecule has 3 N–H and O–H groups in total. The minimum atomic E-state index is -1.01. The summed E-state index contributed by atoms with van der Waals surface area (Å²) in [4.78, 5) is 49.7. The number of esters is 1. The van der Waals surface area contributed by atoms with Crippen molar-refractivity contribution in [1.29, 1.82) is 0 Å². The fraction of sp³-hybridized carbons (Fsp3) is 0.630. The van der Waals surface area contributed by atoms with E-state index in [9.17, 15) is 19.2 Å². The van der Waals surface area contributed by atoms with Crippen molar-refractivity contribution < 1.29 is 33.3 Å². The lowest BCUT2D eigenvalue weighted by Gasteiger charge is -2.24. The molecule has 2 rings (SSSR count). The lowest BCUT2D eigenvalue weighted by atomic mass is 10.1. The monoisotopic (exact) mass is 550 g/mol. The summed E-state index contributed by atoms with van der Waals surface area (Å²) in [6, 6.07) is 6.09. The van der Waals surface area contributed by atoms with Crippen LogP contribution in [0.25, 0.3) is 11.0 Å². The van der Waals surface area contributed by atoms with Crippen LogP contribution in [0.1, 0.15) is 60.4 Å². The van der Waals surface area contributed by atoms with Crippen molar-refractivity contribution in [2.24, 2.45) is 5.73 Å². The van der Waals surface area contributed by atoms with E-state index in [2.05, 4.69) is 5.32 Å². The van der Waals surface area contributed by atoms with Crippen molar-refractivity contribution in [2.75, 3.05) is 33.0 Å². The maximum absolute atomic E-state index is 13.5. The standard InChI is InChI=1S/C27H42N4O8/c1-26(2,3)38-23(33)21(11-12-22(28)32)31-20-10-8-7-9-19(20)30(25(31)35)14-16-37-18-17-36-15-13-29-24(34)39-27(4,5)6/h7-10,21H,11-18H2,1-6H3,(H2,28,32)(H,29,34). The van der Waals surface area contributed by atoms with Gasteiger partial charge in [-0.2, -0.15) is 0 Å². The van der Waals surface area contributed by atoms with Gasteiger partial charge in [0.1, 0.15) is 17.2 Å². The van der Waals surface area contributed by atoms with Gasteiger partial charge in [0.15, 0.2) is 0 Å². The summed E-state index contributed by atoms with van der Waals surface area (Å²) in [6.07, 6.45) is -0.545. The molecule has 0 fully saturated rings. The van der Waals surface area contributed by atoms with Crippen LogP contribution in [-0.4, -0.2) is 71.3 Å². The molecule has 0 bridgehead atoms. The number of nitrogens with zero attached hydrogens (tertiary/aromatic N) is 2. The second kappa shape index (κ2) is 14.1. The molecule has 1 aromatic carbocycles. The van der Waals surface area contributed by atoms with E-state index < -0.39 is 40.9 Å². The number of alkyl carbamates (subject to hydrolysis) is 1. The first kappa shape index (κ1) is 31.8. The van der Waals surface area contributed by atoms with Crippen molar-refractivity contribution in [1.82, 2.24) is 14.5 Å². The second-order valence-corrected chi connectivity index (χ2v) is 11.0. The molecule has 1 aromatic heterocycles. The van der Waals surface area contributed by atoms with Crippen LogP contribution in [0.5, 0.6) is 0 Å². The van der Waals surface area contributed by atoms with Crippen LogP contribution in [0.4, 0.5) is 4.79 Å². The van der Waals surface area contributed by atoms with Gasteiger partial charge in [-0.05, 0) is 60.1 Å². The topological polar surface area (TPSA) is 153 Å².